The summed E-state index contributed by atoms with van der Waals surface area (Å²) in [6.07, 6.45) is 0.299. The van der Waals surface area contributed by atoms with Crippen LogP contribution >= 0.6 is 0 Å². The number of nitrogens with zero attached hydrogens (tertiary/aromatic N) is 1. The van der Waals surface area contributed by atoms with Gasteiger partial charge in [0.05, 0.1) is 17.9 Å². The normalized spacial score (nSPS) is 20.2. The topological polar surface area (TPSA) is 121 Å². The average molecular weight is 258 g/mol. The molecule has 0 saturated carbocycles. The van der Waals surface area contributed by atoms with Crippen molar-refractivity contribution >= 4 is 17.8 Å². The van der Waals surface area contributed by atoms with Crippen LogP contribution in [0, 0.1) is 5.41 Å². The van der Waals surface area contributed by atoms with Gasteiger partial charge in [-0.1, -0.05) is 0 Å². The van der Waals surface area contributed by atoms with E-state index in [2.05, 4.69) is 0 Å². The van der Waals surface area contributed by atoms with Gasteiger partial charge in [-0.05, 0) is 19.8 Å². The fraction of sp³-hybridized carbons (Fsp3) is 0.727. The number of carboxylic acids is 2. The predicted molar refractivity (Wildman–Crippen MR) is 61.8 cm³/mol. The third kappa shape index (κ3) is 3.19. The number of rotatable bonds is 4. The molecule has 1 saturated heterocycles. The number of nitrogens with two attached hydrogens (primary N) is 1. The van der Waals surface area contributed by atoms with Gasteiger partial charge in [0.2, 0.25) is 5.91 Å². The quantitative estimate of drug-likeness (QED) is 0.625. The van der Waals surface area contributed by atoms with E-state index in [1.54, 1.807) is 6.92 Å². The van der Waals surface area contributed by atoms with Crippen molar-refractivity contribution in [3.05, 3.63) is 0 Å². The Hall–Kier alpha value is -1.63. The van der Waals surface area contributed by atoms with Gasteiger partial charge in [-0.25, -0.2) is 0 Å². The zero-order valence-corrected chi connectivity index (χ0v) is 10.3. The summed E-state index contributed by atoms with van der Waals surface area (Å²) in [6, 6.07) is -1.06. The summed E-state index contributed by atoms with van der Waals surface area (Å²) < 4.78 is 0. The van der Waals surface area contributed by atoms with E-state index in [0.29, 0.717) is 25.9 Å². The molecule has 0 radical (unpaired) electrons. The number of carbonyl (C=O) groups is 3. The molecule has 1 aliphatic rings. The standard InChI is InChI=1S/C11H18N2O5/c1-11(10(17)18)2-4-13(5-3-11)9(16)7(12)6-8(14)15/h7H,2-6,12H2,1H3,(H,14,15)(H,17,18). The number of carbonyl (C=O) groups excluding carboxylic acids is 1. The Morgan fingerprint density at radius 1 is 1.28 bits per heavy atom. The summed E-state index contributed by atoms with van der Waals surface area (Å²) in [5.74, 6) is -2.42. The van der Waals surface area contributed by atoms with Crippen LogP contribution in [0.25, 0.3) is 0 Å². The molecule has 1 unspecified atom stereocenters. The number of aliphatic carboxylic acids is 2. The molecule has 1 atom stereocenters. The van der Waals surface area contributed by atoms with Crippen molar-refractivity contribution in [3.63, 3.8) is 0 Å². The summed E-state index contributed by atoms with van der Waals surface area (Å²) in [7, 11) is 0. The molecule has 18 heavy (non-hydrogen) atoms. The first kappa shape index (κ1) is 14.4. The van der Waals surface area contributed by atoms with Crippen molar-refractivity contribution in [3.8, 4) is 0 Å². The Labute approximate surface area is 105 Å². The van der Waals surface area contributed by atoms with Crippen molar-refractivity contribution in [2.75, 3.05) is 13.1 Å². The lowest BCUT2D eigenvalue weighted by atomic mass is 9.80. The lowest BCUT2D eigenvalue weighted by Gasteiger charge is -2.37. The van der Waals surface area contributed by atoms with Gasteiger partial charge in [0.15, 0.2) is 0 Å². The molecule has 0 aromatic heterocycles. The number of amides is 1. The van der Waals surface area contributed by atoms with Crippen LogP contribution in [-0.2, 0) is 14.4 Å². The number of hydrogen-bond donors (Lipinski definition) is 3. The molecule has 7 heteroatoms. The van der Waals surface area contributed by atoms with E-state index in [1.807, 2.05) is 0 Å². The predicted octanol–water partition coefficient (Wildman–Crippen LogP) is -0.498. The van der Waals surface area contributed by atoms with Crippen molar-refractivity contribution in [2.45, 2.75) is 32.2 Å². The van der Waals surface area contributed by atoms with E-state index >= 15 is 0 Å². The molecule has 0 bridgehead atoms. The van der Waals surface area contributed by atoms with E-state index in [-0.39, 0.29) is 0 Å². The molecule has 102 valence electrons. The van der Waals surface area contributed by atoms with Crippen LogP contribution in [0.3, 0.4) is 0 Å². The van der Waals surface area contributed by atoms with Crippen molar-refractivity contribution < 1.29 is 24.6 Å². The zero-order valence-electron chi connectivity index (χ0n) is 10.3. The van der Waals surface area contributed by atoms with Crippen LogP contribution in [0.1, 0.15) is 26.2 Å². The molecule has 1 fully saturated rings. The number of carboxylic acid groups (broad SMARTS) is 2. The van der Waals surface area contributed by atoms with Gasteiger partial charge in [-0.2, -0.15) is 0 Å². The first-order chi connectivity index (χ1) is 8.26. The second kappa shape index (κ2) is 5.34. The molecule has 1 rings (SSSR count). The summed E-state index contributed by atoms with van der Waals surface area (Å²) in [5.41, 5.74) is 4.68. The van der Waals surface area contributed by atoms with E-state index in [4.69, 9.17) is 15.9 Å². The van der Waals surface area contributed by atoms with Gasteiger partial charge in [0, 0.05) is 13.1 Å². The second-order valence-corrected chi connectivity index (χ2v) is 4.90. The van der Waals surface area contributed by atoms with Gasteiger partial charge in [-0.3, -0.25) is 14.4 Å². The van der Waals surface area contributed by atoms with Gasteiger partial charge in [0.25, 0.3) is 0 Å². The molecule has 0 aliphatic carbocycles. The highest BCUT2D eigenvalue weighted by Crippen LogP contribution is 2.31. The molecule has 1 amide bonds. The molecule has 4 N–H and O–H groups in total. The third-order valence-corrected chi connectivity index (χ3v) is 3.41. The first-order valence-electron chi connectivity index (χ1n) is 5.76. The van der Waals surface area contributed by atoms with Gasteiger partial charge in [-0.15, -0.1) is 0 Å². The van der Waals surface area contributed by atoms with E-state index in [9.17, 15) is 14.4 Å². The summed E-state index contributed by atoms with van der Waals surface area (Å²) in [6.45, 7) is 2.25. The summed E-state index contributed by atoms with van der Waals surface area (Å²) in [5, 5.41) is 17.6. The van der Waals surface area contributed by atoms with Gasteiger partial charge in [0.1, 0.15) is 0 Å². The molecular weight excluding hydrogens is 240 g/mol. The number of piperidine rings is 1. The van der Waals surface area contributed by atoms with Crippen LogP contribution in [0.4, 0.5) is 0 Å². The molecule has 0 aromatic carbocycles. The summed E-state index contributed by atoms with van der Waals surface area (Å²) in [4.78, 5) is 34.7. The Kier molecular flexibility index (Phi) is 4.28. The van der Waals surface area contributed by atoms with Crippen LogP contribution < -0.4 is 5.73 Å². The maximum atomic E-state index is 11.8. The smallest absolute Gasteiger partial charge is 0.309 e. The second-order valence-electron chi connectivity index (χ2n) is 4.90. The van der Waals surface area contributed by atoms with Crippen LogP contribution in [0.5, 0.6) is 0 Å². The molecule has 0 spiro atoms. The number of likely N-dealkylation sites (tertiary alicyclic amines) is 1. The fourth-order valence-electron chi connectivity index (χ4n) is 1.94. The number of hydrogen-bond acceptors (Lipinski definition) is 4. The minimum Gasteiger partial charge on any atom is -0.481 e. The van der Waals surface area contributed by atoms with E-state index < -0.39 is 35.7 Å². The lowest BCUT2D eigenvalue weighted by molar-refractivity contribution is -0.153. The highest BCUT2D eigenvalue weighted by molar-refractivity contribution is 5.86. The highest BCUT2D eigenvalue weighted by Gasteiger charge is 2.38. The Balaban J connectivity index is 2.55. The maximum Gasteiger partial charge on any atom is 0.309 e. The SMILES string of the molecule is CC1(C(=O)O)CCN(C(=O)C(N)CC(=O)O)CC1. The van der Waals surface area contributed by atoms with Gasteiger partial charge < -0.3 is 20.8 Å². The van der Waals surface area contributed by atoms with Crippen molar-refractivity contribution in [2.24, 2.45) is 11.1 Å². The molecule has 7 nitrogen and oxygen atoms in total. The Morgan fingerprint density at radius 2 is 1.78 bits per heavy atom. The molecule has 0 aromatic rings. The maximum absolute atomic E-state index is 11.8. The largest absolute Gasteiger partial charge is 0.481 e. The van der Waals surface area contributed by atoms with Crippen LogP contribution in [0.15, 0.2) is 0 Å². The van der Waals surface area contributed by atoms with Crippen molar-refractivity contribution in [1.82, 2.24) is 4.90 Å². The zero-order chi connectivity index (χ0) is 13.9. The van der Waals surface area contributed by atoms with Gasteiger partial charge >= 0.3 is 11.9 Å². The lowest BCUT2D eigenvalue weighted by Crippen LogP contribution is -2.50. The van der Waals surface area contributed by atoms with Crippen molar-refractivity contribution in [1.29, 1.82) is 0 Å². The van der Waals surface area contributed by atoms with Crippen LogP contribution in [0.2, 0.25) is 0 Å². The average Bonchev–Trinajstić information content (AvgIpc) is 2.28. The molecule has 1 aliphatic heterocycles. The fourth-order valence-corrected chi connectivity index (χ4v) is 1.94. The Morgan fingerprint density at radius 3 is 2.17 bits per heavy atom. The van der Waals surface area contributed by atoms with Crippen LogP contribution in [-0.4, -0.2) is 52.1 Å². The van der Waals surface area contributed by atoms with E-state index in [0.717, 1.165) is 0 Å². The first-order valence-corrected chi connectivity index (χ1v) is 5.76. The Bertz CT molecular complexity index is 360. The molecule has 1 heterocycles. The monoisotopic (exact) mass is 258 g/mol. The minimum atomic E-state index is -1.12. The van der Waals surface area contributed by atoms with E-state index in [1.165, 1.54) is 4.90 Å². The summed E-state index contributed by atoms with van der Waals surface area (Å²) >= 11 is 0. The highest BCUT2D eigenvalue weighted by atomic mass is 16.4. The molecular formula is C11H18N2O5. The third-order valence-electron chi connectivity index (χ3n) is 3.41. The minimum absolute atomic E-state index is 0.301.